The maximum atomic E-state index is 13.6. The molecule has 1 heterocycles. The molecule has 1 saturated heterocycles. The summed E-state index contributed by atoms with van der Waals surface area (Å²) in [6.45, 7) is 1.23. The van der Waals surface area contributed by atoms with Gasteiger partial charge in [-0.1, -0.05) is 6.07 Å². The number of nitro groups is 1. The van der Waals surface area contributed by atoms with Crippen LogP contribution in [0.2, 0.25) is 0 Å². The van der Waals surface area contributed by atoms with Crippen LogP contribution in [0, 0.1) is 15.9 Å². The van der Waals surface area contributed by atoms with E-state index in [4.69, 9.17) is 19.9 Å². The second-order valence-corrected chi connectivity index (χ2v) is 6.76. The Kier molecular flexibility index (Phi) is 6.68. The topological polar surface area (TPSA) is 126 Å². The van der Waals surface area contributed by atoms with Gasteiger partial charge in [-0.05, 0) is 36.6 Å². The van der Waals surface area contributed by atoms with Gasteiger partial charge in [0.1, 0.15) is 18.1 Å². The van der Waals surface area contributed by atoms with Gasteiger partial charge in [-0.15, -0.1) is 0 Å². The molecule has 0 aromatic heterocycles. The molecular formula is C20H22FN3O6. The minimum absolute atomic E-state index is 0.0643. The zero-order valence-electron chi connectivity index (χ0n) is 16.4. The highest BCUT2D eigenvalue weighted by Gasteiger charge is 2.22. The Morgan fingerprint density at radius 3 is 2.83 bits per heavy atom. The highest BCUT2D eigenvalue weighted by Crippen LogP contribution is 2.29. The number of amides is 1. The molecule has 9 nitrogen and oxygen atoms in total. The predicted molar refractivity (Wildman–Crippen MR) is 106 cm³/mol. The van der Waals surface area contributed by atoms with Crippen LogP contribution in [-0.2, 0) is 11.3 Å². The number of carbonyl (C=O) groups is 1. The largest absolute Gasteiger partial charge is 0.493 e. The van der Waals surface area contributed by atoms with E-state index < -0.39 is 28.0 Å². The highest BCUT2D eigenvalue weighted by atomic mass is 19.1. The van der Waals surface area contributed by atoms with Gasteiger partial charge in [-0.2, -0.15) is 0 Å². The Morgan fingerprint density at radius 1 is 1.37 bits per heavy atom. The second kappa shape index (κ2) is 9.40. The Bertz CT molecular complexity index is 946. The number of ether oxygens (including phenoxy) is 3. The number of nitro benzene ring substituents is 1. The number of nitrogens with zero attached hydrogens (tertiary/aromatic N) is 1. The van der Waals surface area contributed by atoms with Crippen LogP contribution in [0.15, 0.2) is 30.3 Å². The van der Waals surface area contributed by atoms with Gasteiger partial charge >= 0.3 is 0 Å². The molecular weight excluding hydrogens is 397 g/mol. The first-order valence-corrected chi connectivity index (χ1v) is 9.32. The fraction of sp³-hybridized carbons (Fsp3) is 0.350. The third-order valence-electron chi connectivity index (χ3n) is 4.69. The summed E-state index contributed by atoms with van der Waals surface area (Å²) in [6, 6.07) is 6.69. The third kappa shape index (κ3) is 4.95. The molecule has 1 fully saturated rings. The van der Waals surface area contributed by atoms with Crippen molar-refractivity contribution in [3.05, 3.63) is 57.4 Å². The highest BCUT2D eigenvalue weighted by molar-refractivity contribution is 6.01. The van der Waals surface area contributed by atoms with Crippen LogP contribution in [0.4, 0.5) is 15.8 Å². The number of anilines is 1. The molecule has 10 heteroatoms. The SMILES string of the molecule is COc1cc(CNC(=O)c2cc(F)cc([N+](=O)[O-])c2N)ccc1OCC1CCCO1. The lowest BCUT2D eigenvalue weighted by molar-refractivity contribution is -0.384. The summed E-state index contributed by atoms with van der Waals surface area (Å²) in [5.41, 5.74) is 4.99. The van der Waals surface area contributed by atoms with Gasteiger partial charge in [0.05, 0.1) is 29.8 Å². The molecule has 1 atom stereocenters. The summed E-state index contributed by atoms with van der Waals surface area (Å²) in [5, 5.41) is 13.5. The van der Waals surface area contributed by atoms with E-state index in [2.05, 4.69) is 5.32 Å². The van der Waals surface area contributed by atoms with Crippen LogP contribution in [0.1, 0.15) is 28.8 Å². The maximum Gasteiger partial charge on any atom is 0.295 e. The van der Waals surface area contributed by atoms with Crippen molar-refractivity contribution < 1.29 is 28.3 Å². The zero-order valence-corrected chi connectivity index (χ0v) is 16.4. The molecule has 160 valence electrons. The number of benzene rings is 2. The van der Waals surface area contributed by atoms with E-state index in [9.17, 15) is 19.3 Å². The summed E-state index contributed by atoms with van der Waals surface area (Å²) in [4.78, 5) is 22.5. The van der Waals surface area contributed by atoms with Crippen molar-refractivity contribution in [1.29, 1.82) is 0 Å². The first-order chi connectivity index (χ1) is 14.4. The molecule has 2 aromatic rings. The Labute approximate surface area is 172 Å². The molecule has 3 N–H and O–H groups in total. The molecule has 1 amide bonds. The number of nitrogen functional groups attached to an aromatic ring is 1. The fourth-order valence-electron chi connectivity index (χ4n) is 3.12. The Hall–Kier alpha value is -3.40. The first kappa shape index (κ1) is 21.3. The monoisotopic (exact) mass is 419 g/mol. The Morgan fingerprint density at radius 2 is 2.17 bits per heavy atom. The number of halogens is 1. The van der Waals surface area contributed by atoms with E-state index in [0.717, 1.165) is 25.5 Å². The van der Waals surface area contributed by atoms with E-state index in [0.29, 0.717) is 29.7 Å². The first-order valence-electron chi connectivity index (χ1n) is 9.32. The molecule has 30 heavy (non-hydrogen) atoms. The summed E-state index contributed by atoms with van der Waals surface area (Å²) in [7, 11) is 1.50. The molecule has 1 aliphatic heterocycles. The zero-order chi connectivity index (χ0) is 21.7. The van der Waals surface area contributed by atoms with E-state index in [-0.39, 0.29) is 18.2 Å². The van der Waals surface area contributed by atoms with E-state index in [1.165, 1.54) is 7.11 Å². The van der Waals surface area contributed by atoms with Crippen LogP contribution in [0.5, 0.6) is 11.5 Å². The molecule has 2 aromatic carbocycles. The van der Waals surface area contributed by atoms with Crippen molar-refractivity contribution in [2.24, 2.45) is 0 Å². The third-order valence-corrected chi connectivity index (χ3v) is 4.69. The number of methoxy groups -OCH3 is 1. The van der Waals surface area contributed by atoms with Gasteiger partial charge in [-0.25, -0.2) is 4.39 Å². The summed E-state index contributed by atoms with van der Waals surface area (Å²) >= 11 is 0. The minimum Gasteiger partial charge on any atom is -0.493 e. The lowest BCUT2D eigenvalue weighted by Gasteiger charge is -2.15. The maximum absolute atomic E-state index is 13.6. The van der Waals surface area contributed by atoms with Crippen LogP contribution in [0.25, 0.3) is 0 Å². The predicted octanol–water partition coefficient (Wildman–Crippen LogP) is 2.81. The van der Waals surface area contributed by atoms with E-state index >= 15 is 0 Å². The molecule has 0 spiro atoms. The van der Waals surface area contributed by atoms with Crippen molar-refractivity contribution >= 4 is 17.3 Å². The van der Waals surface area contributed by atoms with E-state index in [1.54, 1.807) is 18.2 Å². The van der Waals surface area contributed by atoms with Crippen LogP contribution in [-0.4, -0.2) is 37.3 Å². The molecule has 1 aliphatic rings. The normalized spacial score (nSPS) is 15.6. The minimum atomic E-state index is -0.921. The quantitative estimate of drug-likeness (QED) is 0.383. The standard InChI is InChI=1S/C20H22FN3O6/c1-28-18-7-12(4-5-17(18)30-11-14-3-2-6-29-14)10-23-20(25)15-8-13(21)9-16(19(15)22)24(26)27/h4-5,7-9,14H,2-3,6,10-11,22H2,1H3,(H,23,25). The van der Waals surface area contributed by atoms with Gasteiger partial charge in [0.2, 0.25) is 0 Å². The van der Waals surface area contributed by atoms with Crippen molar-refractivity contribution in [3.63, 3.8) is 0 Å². The molecule has 3 rings (SSSR count). The molecule has 0 bridgehead atoms. The fourth-order valence-corrected chi connectivity index (χ4v) is 3.12. The number of carbonyl (C=O) groups excluding carboxylic acids is 1. The average molecular weight is 419 g/mol. The second-order valence-electron chi connectivity index (χ2n) is 6.76. The molecule has 0 saturated carbocycles. The van der Waals surface area contributed by atoms with Gasteiger partial charge < -0.3 is 25.3 Å². The van der Waals surface area contributed by atoms with Crippen molar-refractivity contribution in [1.82, 2.24) is 5.32 Å². The van der Waals surface area contributed by atoms with Crippen molar-refractivity contribution in [2.45, 2.75) is 25.5 Å². The average Bonchev–Trinajstić information content (AvgIpc) is 3.25. The van der Waals surface area contributed by atoms with Crippen molar-refractivity contribution in [2.75, 3.05) is 26.1 Å². The number of nitrogens with two attached hydrogens (primary N) is 1. The van der Waals surface area contributed by atoms with Crippen LogP contribution < -0.4 is 20.5 Å². The van der Waals surface area contributed by atoms with Crippen LogP contribution in [0.3, 0.4) is 0 Å². The number of rotatable bonds is 8. The van der Waals surface area contributed by atoms with Gasteiger partial charge in [0.25, 0.3) is 11.6 Å². The lowest BCUT2D eigenvalue weighted by atomic mass is 10.1. The van der Waals surface area contributed by atoms with E-state index in [1.807, 2.05) is 0 Å². The summed E-state index contributed by atoms with van der Waals surface area (Å²) in [6.07, 6.45) is 2.03. The van der Waals surface area contributed by atoms with Gasteiger partial charge in [0, 0.05) is 13.2 Å². The molecule has 0 radical (unpaired) electrons. The molecule has 0 aliphatic carbocycles. The van der Waals surface area contributed by atoms with Gasteiger partial charge in [0.15, 0.2) is 11.5 Å². The number of nitrogens with one attached hydrogen (secondary N) is 1. The molecule has 1 unspecified atom stereocenters. The van der Waals surface area contributed by atoms with Crippen LogP contribution >= 0.6 is 0 Å². The lowest BCUT2D eigenvalue weighted by Crippen LogP contribution is -2.24. The van der Waals surface area contributed by atoms with Crippen molar-refractivity contribution in [3.8, 4) is 11.5 Å². The smallest absolute Gasteiger partial charge is 0.295 e. The number of hydrogen-bond acceptors (Lipinski definition) is 7. The number of hydrogen-bond donors (Lipinski definition) is 2. The van der Waals surface area contributed by atoms with Gasteiger partial charge in [-0.3, -0.25) is 14.9 Å². The summed E-state index contributed by atoms with van der Waals surface area (Å²) in [5.74, 6) is -0.614. The summed E-state index contributed by atoms with van der Waals surface area (Å²) < 4.78 is 30.3. The Balaban J connectivity index is 1.66.